The van der Waals surface area contributed by atoms with Crippen LogP contribution in [0.1, 0.15) is 0 Å². The second-order valence-corrected chi connectivity index (χ2v) is 10.4. The first-order valence-corrected chi connectivity index (χ1v) is 12.8. The Morgan fingerprint density at radius 3 is 1.00 bits per heavy atom. The molecule has 6 N–H and O–H groups in total. The molecule has 0 atom stereocenters. The maximum absolute atomic E-state index is 11.4. The molecule has 0 bridgehead atoms. The Kier molecular flexibility index (Phi) is 11.0. The topological polar surface area (TPSA) is 203 Å². The van der Waals surface area contributed by atoms with Crippen molar-refractivity contribution in [3.8, 4) is 0 Å². The molecule has 176 valence electrons. The quantitative estimate of drug-likeness (QED) is 0.203. The van der Waals surface area contributed by atoms with E-state index in [9.17, 15) is 38.3 Å². The minimum absolute atomic E-state index is 0.137. The summed E-state index contributed by atoms with van der Waals surface area (Å²) in [6.45, 7) is 0.524. The van der Waals surface area contributed by atoms with Crippen molar-refractivity contribution in [2.24, 2.45) is 0 Å². The van der Waals surface area contributed by atoms with Crippen molar-refractivity contribution in [3.63, 3.8) is 0 Å². The van der Waals surface area contributed by atoms with Gasteiger partial charge in [0.05, 0.1) is 13.1 Å². The molecule has 0 aromatic carbocycles. The van der Waals surface area contributed by atoms with E-state index < -0.39 is 39.7 Å². The first kappa shape index (κ1) is 27.1. The van der Waals surface area contributed by atoms with Gasteiger partial charge in [0.25, 0.3) is 0 Å². The molecule has 1 aliphatic heterocycles. The van der Waals surface area contributed by atoms with Crippen LogP contribution in [0.3, 0.4) is 0 Å². The van der Waals surface area contributed by atoms with E-state index in [1.54, 1.807) is 0 Å². The Bertz CT molecular complexity index is 597. The molecule has 0 radical (unpaired) electrons. The zero-order valence-electron chi connectivity index (χ0n) is 16.5. The third-order valence-corrected chi connectivity index (χ3v) is 5.95. The van der Waals surface area contributed by atoms with Gasteiger partial charge in [0.1, 0.15) is 12.6 Å². The molecule has 0 saturated carbocycles. The highest BCUT2D eigenvalue weighted by molar-refractivity contribution is 7.51. The number of hydrogen-bond donors (Lipinski definition) is 6. The lowest BCUT2D eigenvalue weighted by Gasteiger charge is -2.33. The van der Waals surface area contributed by atoms with Gasteiger partial charge >= 0.3 is 27.1 Å². The molecule has 0 aromatic rings. The summed E-state index contributed by atoms with van der Waals surface area (Å²) in [5.74, 6) is -2.20. The Balaban J connectivity index is 3.00. The smallest absolute Gasteiger partial charge is 0.339 e. The van der Waals surface area contributed by atoms with Gasteiger partial charge in [0, 0.05) is 52.4 Å². The number of aliphatic carboxylic acids is 2. The number of nitrogens with zero attached hydrogens (tertiary/aromatic N) is 4. The SMILES string of the molecule is O=C(O)CN1CCN(CP(=O)(O)O)CCN(CC(=O)O)CCN(CP(=O)(O)O)CC1. The van der Waals surface area contributed by atoms with Crippen molar-refractivity contribution in [1.29, 1.82) is 0 Å². The third-order valence-electron chi connectivity index (χ3n) is 4.42. The van der Waals surface area contributed by atoms with Gasteiger partial charge in [-0.05, 0) is 0 Å². The highest BCUT2D eigenvalue weighted by atomic mass is 31.2. The molecule has 1 fully saturated rings. The van der Waals surface area contributed by atoms with Crippen LogP contribution in [0.15, 0.2) is 0 Å². The average Bonchev–Trinajstić information content (AvgIpc) is 2.54. The summed E-state index contributed by atoms with van der Waals surface area (Å²) in [5, 5.41) is 18.2. The highest BCUT2D eigenvalue weighted by Gasteiger charge is 2.25. The first-order valence-electron chi connectivity index (χ1n) is 9.15. The average molecular weight is 476 g/mol. The molecular weight excluding hydrogens is 446 g/mol. The maximum Gasteiger partial charge on any atom is 0.339 e. The molecule has 0 spiro atoms. The van der Waals surface area contributed by atoms with E-state index in [1.165, 1.54) is 19.6 Å². The Morgan fingerprint density at radius 1 is 0.567 bits per heavy atom. The van der Waals surface area contributed by atoms with Gasteiger partial charge in [-0.15, -0.1) is 0 Å². The Morgan fingerprint density at radius 2 is 0.800 bits per heavy atom. The van der Waals surface area contributed by atoms with Gasteiger partial charge in [-0.1, -0.05) is 0 Å². The molecule has 1 heterocycles. The number of carboxylic acids is 2. The fourth-order valence-corrected chi connectivity index (χ4v) is 4.69. The van der Waals surface area contributed by atoms with Gasteiger partial charge < -0.3 is 29.8 Å². The van der Waals surface area contributed by atoms with Gasteiger partial charge in [0.15, 0.2) is 0 Å². The third kappa shape index (κ3) is 13.4. The largest absolute Gasteiger partial charge is 0.480 e. The van der Waals surface area contributed by atoms with Gasteiger partial charge in [-0.2, -0.15) is 0 Å². The minimum Gasteiger partial charge on any atom is -0.480 e. The van der Waals surface area contributed by atoms with Crippen molar-refractivity contribution in [1.82, 2.24) is 19.6 Å². The fourth-order valence-electron chi connectivity index (χ4n) is 3.08. The van der Waals surface area contributed by atoms with Crippen LogP contribution in [0, 0.1) is 0 Å². The molecule has 30 heavy (non-hydrogen) atoms. The Hall–Kier alpha value is -0.920. The first-order chi connectivity index (χ1) is 13.7. The summed E-state index contributed by atoms with van der Waals surface area (Å²) in [6.07, 6.45) is -1.09. The van der Waals surface area contributed by atoms with Crippen LogP contribution in [0.2, 0.25) is 0 Å². The second-order valence-electron chi connectivity index (χ2n) is 7.19. The molecule has 1 saturated heterocycles. The van der Waals surface area contributed by atoms with Crippen molar-refractivity contribution in [3.05, 3.63) is 0 Å². The summed E-state index contributed by atoms with van der Waals surface area (Å²) in [6, 6.07) is 0. The summed E-state index contributed by atoms with van der Waals surface area (Å²) >= 11 is 0. The van der Waals surface area contributed by atoms with Crippen LogP contribution in [0.5, 0.6) is 0 Å². The molecule has 1 aliphatic rings. The van der Waals surface area contributed by atoms with E-state index in [0.29, 0.717) is 0 Å². The number of carboxylic acid groups (broad SMARTS) is 2. The van der Waals surface area contributed by atoms with Gasteiger partial charge in [-0.3, -0.25) is 38.3 Å². The van der Waals surface area contributed by atoms with E-state index in [1.807, 2.05) is 0 Å². The summed E-state index contributed by atoms with van der Waals surface area (Å²) in [4.78, 5) is 65.4. The summed E-state index contributed by atoms with van der Waals surface area (Å²) in [5.41, 5.74) is 0. The highest BCUT2D eigenvalue weighted by Crippen LogP contribution is 2.35. The summed E-state index contributed by atoms with van der Waals surface area (Å²) in [7, 11) is -8.76. The molecule has 14 nitrogen and oxygen atoms in total. The van der Waals surface area contributed by atoms with Crippen LogP contribution in [-0.2, 0) is 18.7 Å². The fraction of sp³-hybridized carbons (Fsp3) is 0.857. The van der Waals surface area contributed by atoms with Gasteiger partial charge in [-0.25, -0.2) is 0 Å². The van der Waals surface area contributed by atoms with E-state index >= 15 is 0 Å². The van der Waals surface area contributed by atoms with Gasteiger partial charge in [0.2, 0.25) is 0 Å². The molecule has 0 amide bonds. The number of carbonyl (C=O) groups is 2. The lowest BCUT2D eigenvalue weighted by molar-refractivity contribution is -0.139. The maximum atomic E-state index is 11.4. The molecule has 1 rings (SSSR count). The van der Waals surface area contributed by atoms with Crippen LogP contribution in [-0.4, -0.2) is 139 Å². The molecule has 0 aliphatic carbocycles. The number of hydrogen-bond acceptors (Lipinski definition) is 8. The predicted octanol–water partition coefficient (Wildman–Crippen LogP) is -2.35. The monoisotopic (exact) mass is 476 g/mol. The van der Waals surface area contributed by atoms with Crippen LogP contribution >= 0.6 is 15.2 Å². The zero-order valence-corrected chi connectivity index (χ0v) is 18.3. The zero-order chi connectivity index (χ0) is 22.9. The molecule has 0 unspecified atom stereocenters. The standard InChI is InChI=1S/C14H30N4O10P2/c19-13(20)9-15-1-5-17(11-29(23,24)25)7-3-16(10-14(21)22)4-8-18(6-2-15)12-30(26,27)28/h1-12H2,(H,19,20)(H,21,22)(H2,23,24,25)(H2,26,27,28). The van der Waals surface area contributed by atoms with E-state index in [4.69, 9.17) is 10.2 Å². The molecule has 0 aromatic heterocycles. The predicted molar refractivity (Wildman–Crippen MR) is 105 cm³/mol. The van der Waals surface area contributed by atoms with Crippen molar-refractivity contribution >= 4 is 27.1 Å². The minimum atomic E-state index is -4.38. The van der Waals surface area contributed by atoms with Crippen LogP contribution < -0.4 is 0 Å². The lowest BCUT2D eigenvalue weighted by atomic mass is 10.3. The molecular formula is C14H30N4O10P2. The molecule has 16 heteroatoms. The van der Waals surface area contributed by atoms with E-state index in [0.717, 1.165) is 0 Å². The Labute approximate surface area is 174 Å². The van der Waals surface area contributed by atoms with E-state index in [2.05, 4.69) is 0 Å². The second kappa shape index (κ2) is 12.2. The van der Waals surface area contributed by atoms with E-state index in [-0.39, 0.29) is 65.4 Å². The van der Waals surface area contributed by atoms with Crippen LogP contribution in [0.25, 0.3) is 0 Å². The van der Waals surface area contributed by atoms with Crippen LogP contribution in [0.4, 0.5) is 0 Å². The normalized spacial score (nSPS) is 20.4. The number of rotatable bonds is 8. The van der Waals surface area contributed by atoms with Crippen molar-refractivity contribution in [2.45, 2.75) is 0 Å². The van der Waals surface area contributed by atoms with Crippen molar-refractivity contribution < 1.29 is 48.5 Å². The van der Waals surface area contributed by atoms with Crippen molar-refractivity contribution in [2.75, 3.05) is 78.0 Å². The summed E-state index contributed by atoms with van der Waals surface area (Å²) < 4.78 is 22.9. The lowest BCUT2D eigenvalue weighted by Crippen LogP contribution is -2.47.